The fourth-order valence-corrected chi connectivity index (χ4v) is 5.59. The number of amides is 2. The first-order valence-electron chi connectivity index (χ1n) is 13.6. The molecule has 3 N–H and O–H groups in total. The third-order valence-electron chi connectivity index (χ3n) is 7.60. The van der Waals surface area contributed by atoms with Gasteiger partial charge < -0.3 is 20.3 Å². The molecule has 3 heterocycles. The second-order valence-electron chi connectivity index (χ2n) is 10.3. The minimum atomic E-state index is -1.67. The Bertz CT molecular complexity index is 1590. The zero-order valence-corrected chi connectivity index (χ0v) is 22.7. The minimum Gasteiger partial charge on any atom is -0.369 e. The van der Waals surface area contributed by atoms with E-state index in [0.29, 0.717) is 24.1 Å². The maximum atomic E-state index is 12.8. The molecule has 2 aromatic carbocycles. The predicted molar refractivity (Wildman–Crippen MR) is 154 cm³/mol. The molecule has 7 heteroatoms. The van der Waals surface area contributed by atoms with E-state index in [0.717, 1.165) is 52.8 Å². The molecule has 2 unspecified atom stereocenters. The van der Waals surface area contributed by atoms with Gasteiger partial charge in [0, 0.05) is 47.9 Å². The van der Waals surface area contributed by atoms with E-state index in [9.17, 15) is 14.7 Å². The summed E-state index contributed by atoms with van der Waals surface area (Å²) in [4.78, 5) is 31.5. The molecule has 0 aliphatic carbocycles. The van der Waals surface area contributed by atoms with Crippen molar-refractivity contribution >= 4 is 28.4 Å². The molecule has 1 aromatic heterocycles. The third kappa shape index (κ3) is 4.88. The zero-order chi connectivity index (χ0) is 27.7. The predicted octanol–water partition coefficient (Wildman–Crippen LogP) is 4.15. The first-order chi connectivity index (χ1) is 18.8. The summed E-state index contributed by atoms with van der Waals surface area (Å²) in [6.45, 7) is 4.64. The number of carbonyl (C=O) groups is 2. The molecule has 5 rings (SSSR count). The number of hydrogen-bond acceptors (Lipinski definition) is 4. The third-order valence-corrected chi connectivity index (χ3v) is 7.60. The van der Waals surface area contributed by atoms with Gasteiger partial charge in [0.25, 0.3) is 11.8 Å². The SMILES string of the molecule is CCCC1CC=CC(c2ccc3c(c2)c(C(N)=O)c(CC)n3-c2cccc(C#CC3(O)CCN(C)C3=O)c2)=N1. The number of likely N-dealkylation sites (N-methyl/N-ethyl adjacent to an activating group) is 1. The quantitative estimate of drug-likeness (QED) is 0.476. The Labute approximate surface area is 229 Å². The highest BCUT2D eigenvalue weighted by Crippen LogP contribution is 2.32. The van der Waals surface area contributed by atoms with Crippen molar-refractivity contribution in [1.82, 2.24) is 9.47 Å². The lowest BCUT2D eigenvalue weighted by molar-refractivity contribution is -0.137. The van der Waals surface area contributed by atoms with Gasteiger partial charge in [-0.2, -0.15) is 0 Å². The van der Waals surface area contributed by atoms with E-state index in [4.69, 9.17) is 10.7 Å². The molecule has 2 atom stereocenters. The van der Waals surface area contributed by atoms with Crippen molar-refractivity contribution in [3.8, 4) is 17.5 Å². The van der Waals surface area contributed by atoms with Crippen molar-refractivity contribution in [2.45, 2.75) is 57.6 Å². The van der Waals surface area contributed by atoms with Crippen LogP contribution in [0.25, 0.3) is 16.6 Å². The Morgan fingerprint density at radius 3 is 2.74 bits per heavy atom. The number of primary amides is 1. The number of likely N-dealkylation sites (tertiary alicyclic amines) is 1. The highest BCUT2D eigenvalue weighted by Gasteiger charge is 2.42. The minimum absolute atomic E-state index is 0.277. The summed E-state index contributed by atoms with van der Waals surface area (Å²) in [7, 11) is 1.66. The average Bonchev–Trinajstić information content (AvgIpc) is 3.41. The second kappa shape index (κ2) is 10.5. The number of hydrogen-bond donors (Lipinski definition) is 2. The highest BCUT2D eigenvalue weighted by molar-refractivity contribution is 6.14. The number of benzene rings is 2. The van der Waals surface area contributed by atoms with Crippen LogP contribution in [0.1, 0.15) is 66.7 Å². The lowest BCUT2D eigenvalue weighted by atomic mass is 9.99. The van der Waals surface area contributed by atoms with Crippen LogP contribution in [0.15, 0.2) is 59.6 Å². The molecule has 0 spiro atoms. The number of dihydropyridines is 1. The van der Waals surface area contributed by atoms with Gasteiger partial charge in [-0.3, -0.25) is 14.6 Å². The van der Waals surface area contributed by atoms with Gasteiger partial charge in [-0.25, -0.2) is 0 Å². The normalized spacial score (nSPS) is 20.7. The van der Waals surface area contributed by atoms with Crippen LogP contribution in [0.4, 0.5) is 0 Å². The van der Waals surface area contributed by atoms with Crippen molar-refractivity contribution < 1.29 is 14.7 Å². The van der Waals surface area contributed by atoms with Crippen LogP contribution in [-0.2, 0) is 11.2 Å². The van der Waals surface area contributed by atoms with Gasteiger partial charge in [-0.15, -0.1) is 0 Å². The van der Waals surface area contributed by atoms with E-state index >= 15 is 0 Å². The van der Waals surface area contributed by atoms with Gasteiger partial charge in [-0.05, 0) is 55.7 Å². The van der Waals surface area contributed by atoms with E-state index in [1.54, 1.807) is 7.05 Å². The Kier molecular flexibility index (Phi) is 7.16. The number of aliphatic hydroxyl groups is 1. The molecule has 39 heavy (non-hydrogen) atoms. The maximum absolute atomic E-state index is 12.8. The van der Waals surface area contributed by atoms with Crippen molar-refractivity contribution in [1.29, 1.82) is 0 Å². The Morgan fingerprint density at radius 2 is 2.05 bits per heavy atom. The lowest BCUT2D eigenvalue weighted by Gasteiger charge is -2.16. The van der Waals surface area contributed by atoms with Crippen LogP contribution in [0.5, 0.6) is 0 Å². The van der Waals surface area contributed by atoms with Gasteiger partial charge in [0.15, 0.2) is 0 Å². The molecule has 7 nitrogen and oxygen atoms in total. The fraction of sp³-hybridized carbons (Fsp3) is 0.344. The molecule has 0 radical (unpaired) electrons. The number of rotatable bonds is 6. The van der Waals surface area contributed by atoms with E-state index < -0.39 is 11.5 Å². The monoisotopic (exact) mass is 522 g/mol. The maximum Gasteiger partial charge on any atom is 0.267 e. The van der Waals surface area contributed by atoms with Crippen molar-refractivity contribution in [2.24, 2.45) is 10.7 Å². The van der Waals surface area contributed by atoms with Crippen LogP contribution in [0, 0.1) is 11.8 Å². The molecular weight excluding hydrogens is 488 g/mol. The summed E-state index contributed by atoms with van der Waals surface area (Å²) in [5.74, 6) is 4.93. The van der Waals surface area contributed by atoms with Gasteiger partial charge in [0.1, 0.15) is 0 Å². The molecule has 2 aliphatic heterocycles. The van der Waals surface area contributed by atoms with Crippen LogP contribution in [0.2, 0.25) is 0 Å². The highest BCUT2D eigenvalue weighted by atomic mass is 16.3. The first kappa shape index (κ1) is 26.5. The van der Waals surface area contributed by atoms with Gasteiger partial charge in [-0.1, -0.05) is 50.3 Å². The van der Waals surface area contributed by atoms with Crippen LogP contribution < -0.4 is 5.73 Å². The average molecular weight is 523 g/mol. The van der Waals surface area contributed by atoms with Gasteiger partial charge in [0.2, 0.25) is 5.60 Å². The molecule has 200 valence electrons. The summed E-state index contributed by atoms with van der Waals surface area (Å²) in [6.07, 6.45) is 8.17. The summed E-state index contributed by atoms with van der Waals surface area (Å²) in [5.41, 5.74) is 9.83. The van der Waals surface area contributed by atoms with E-state index in [-0.39, 0.29) is 18.4 Å². The fourth-order valence-electron chi connectivity index (χ4n) is 5.59. The Balaban J connectivity index is 1.61. The lowest BCUT2D eigenvalue weighted by Crippen LogP contribution is -2.37. The zero-order valence-electron chi connectivity index (χ0n) is 22.7. The molecule has 2 aliphatic rings. The van der Waals surface area contributed by atoms with Crippen molar-refractivity contribution in [3.05, 3.63) is 77.0 Å². The van der Waals surface area contributed by atoms with Crippen molar-refractivity contribution in [2.75, 3.05) is 13.6 Å². The number of aliphatic imine (C=N–C) groups is 1. The standard InChI is InChI=1S/C32H34N4O3/c1-4-8-23-10-7-12-26(34-23)22-13-14-28-25(20-22)29(30(33)37)27(5-2)36(28)24-11-6-9-21(19-24)15-16-32(39)17-18-35(3)31(32)38/h6-7,9,11-14,19-20,23,39H,4-5,8,10,17-18H2,1-3H3,(H2,33,37). The summed E-state index contributed by atoms with van der Waals surface area (Å²) in [6, 6.07) is 13.9. The summed E-state index contributed by atoms with van der Waals surface area (Å²) < 4.78 is 2.05. The molecule has 1 fully saturated rings. The molecular formula is C32H34N4O3. The largest absolute Gasteiger partial charge is 0.369 e. The molecule has 3 aromatic rings. The number of aromatic nitrogens is 1. The van der Waals surface area contributed by atoms with E-state index in [1.165, 1.54) is 4.90 Å². The van der Waals surface area contributed by atoms with E-state index in [2.05, 4.69) is 30.9 Å². The number of nitrogens with zero attached hydrogens (tertiary/aromatic N) is 3. The number of nitrogens with two attached hydrogens (primary N) is 1. The Hall–Kier alpha value is -4.15. The van der Waals surface area contributed by atoms with Gasteiger partial charge in [0.05, 0.1) is 22.8 Å². The Morgan fingerprint density at radius 1 is 1.23 bits per heavy atom. The topological polar surface area (TPSA) is 101 Å². The molecule has 0 saturated carbocycles. The van der Waals surface area contributed by atoms with Crippen LogP contribution in [0.3, 0.4) is 0 Å². The van der Waals surface area contributed by atoms with Gasteiger partial charge >= 0.3 is 0 Å². The summed E-state index contributed by atoms with van der Waals surface area (Å²) >= 11 is 0. The van der Waals surface area contributed by atoms with Crippen molar-refractivity contribution in [3.63, 3.8) is 0 Å². The molecule has 0 bridgehead atoms. The first-order valence-corrected chi connectivity index (χ1v) is 13.6. The van der Waals surface area contributed by atoms with Crippen LogP contribution >= 0.6 is 0 Å². The smallest absolute Gasteiger partial charge is 0.267 e. The molecule has 1 saturated heterocycles. The summed E-state index contributed by atoms with van der Waals surface area (Å²) in [5, 5.41) is 11.5. The number of fused-ring (bicyclic) bond motifs is 1. The van der Waals surface area contributed by atoms with Crippen LogP contribution in [-0.4, -0.2) is 57.3 Å². The number of allylic oxidation sites excluding steroid dienone is 1. The second-order valence-corrected chi connectivity index (χ2v) is 10.3. The molecule has 2 amide bonds. The van der Waals surface area contributed by atoms with E-state index in [1.807, 2.05) is 54.0 Å². The number of carbonyl (C=O) groups excluding carboxylic acids is 2.